The average Bonchev–Trinajstić information content (AvgIpc) is 3.34. The van der Waals surface area contributed by atoms with Crippen LogP contribution in [-0.2, 0) is 21.4 Å². The van der Waals surface area contributed by atoms with E-state index in [0.29, 0.717) is 17.7 Å². The largest absolute Gasteiger partial charge is 0.467 e. The number of nitrogens with one attached hydrogen (secondary N) is 1. The first-order chi connectivity index (χ1) is 15.8. The molecule has 3 aromatic rings. The fourth-order valence-electron chi connectivity index (χ4n) is 3.69. The third-order valence-electron chi connectivity index (χ3n) is 5.52. The van der Waals surface area contributed by atoms with Crippen LogP contribution in [0.15, 0.2) is 70.2 Å². The van der Waals surface area contributed by atoms with Gasteiger partial charge in [-0.25, -0.2) is 12.7 Å². The van der Waals surface area contributed by atoms with Crippen molar-refractivity contribution in [3.8, 4) is 0 Å². The SMILES string of the molecule is CN(CCCC(=O)NCc1ccco1)S(=O)(=O)c1ccc2c(c1)C(=O)c1ccccc1C2=O. The maximum Gasteiger partial charge on any atom is 0.242 e. The van der Waals surface area contributed by atoms with E-state index in [1.54, 1.807) is 36.4 Å². The summed E-state index contributed by atoms with van der Waals surface area (Å²) in [5, 5.41) is 2.71. The molecule has 33 heavy (non-hydrogen) atoms. The van der Waals surface area contributed by atoms with E-state index in [9.17, 15) is 22.8 Å². The molecule has 8 nitrogen and oxygen atoms in total. The second-order valence-electron chi connectivity index (χ2n) is 7.70. The first-order valence-corrected chi connectivity index (χ1v) is 11.8. The van der Waals surface area contributed by atoms with Gasteiger partial charge in [-0.1, -0.05) is 24.3 Å². The summed E-state index contributed by atoms with van der Waals surface area (Å²) in [6.07, 6.45) is 1.98. The van der Waals surface area contributed by atoms with Gasteiger partial charge in [0.15, 0.2) is 11.6 Å². The summed E-state index contributed by atoms with van der Waals surface area (Å²) in [6, 6.07) is 13.9. The number of benzene rings is 2. The van der Waals surface area contributed by atoms with Crippen molar-refractivity contribution in [3.05, 3.63) is 88.9 Å². The quantitative estimate of drug-likeness (QED) is 0.427. The Labute approximate surface area is 191 Å². The molecule has 0 fully saturated rings. The Morgan fingerprint density at radius 3 is 2.27 bits per heavy atom. The van der Waals surface area contributed by atoms with E-state index in [-0.39, 0.29) is 58.6 Å². The zero-order chi connectivity index (χ0) is 23.6. The van der Waals surface area contributed by atoms with Gasteiger partial charge in [0, 0.05) is 42.3 Å². The molecule has 1 aromatic heterocycles. The second-order valence-corrected chi connectivity index (χ2v) is 9.74. The zero-order valence-corrected chi connectivity index (χ0v) is 18.7. The van der Waals surface area contributed by atoms with E-state index in [4.69, 9.17) is 4.42 Å². The van der Waals surface area contributed by atoms with Crippen LogP contribution in [0, 0.1) is 0 Å². The Balaban J connectivity index is 1.42. The van der Waals surface area contributed by atoms with Crippen molar-refractivity contribution in [3.63, 3.8) is 0 Å². The van der Waals surface area contributed by atoms with Gasteiger partial charge in [0.1, 0.15) is 5.76 Å². The van der Waals surface area contributed by atoms with Crippen molar-refractivity contribution in [1.29, 1.82) is 0 Å². The molecule has 170 valence electrons. The Morgan fingerprint density at radius 2 is 1.61 bits per heavy atom. The molecule has 1 N–H and O–H groups in total. The van der Waals surface area contributed by atoms with E-state index in [1.165, 1.54) is 31.5 Å². The van der Waals surface area contributed by atoms with Gasteiger partial charge in [-0.2, -0.15) is 0 Å². The molecular formula is C24H22N2O6S. The van der Waals surface area contributed by atoms with Gasteiger partial charge in [0.25, 0.3) is 0 Å². The van der Waals surface area contributed by atoms with Gasteiger partial charge in [0.2, 0.25) is 15.9 Å². The summed E-state index contributed by atoms with van der Waals surface area (Å²) in [7, 11) is -2.50. The number of furan rings is 1. The summed E-state index contributed by atoms with van der Waals surface area (Å²) < 4.78 is 32.3. The monoisotopic (exact) mass is 466 g/mol. The number of sulfonamides is 1. The number of nitrogens with zero attached hydrogens (tertiary/aromatic N) is 1. The zero-order valence-electron chi connectivity index (χ0n) is 17.9. The lowest BCUT2D eigenvalue weighted by Crippen LogP contribution is -2.30. The molecule has 4 rings (SSSR count). The average molecular weight is 467 g/mol. The maximum atomic E-state index is 13.0. The summed E-state index contributed by atoms with van der Waals surface area (Å²) in [5.41, 5.74) is 0.838. The van der Waals surface area contributed by atoms with Gasteiger partial charge < -0.3 is 9.73 Å². The van der Waals surface area contributed by atoms with Crippen LogP contribution >= 0.6 is 0 Å². The van der Waals surface area contributed by atoms with Crippen molar-refractivity contribution in [2.45, 2.75) is 24.3 Å². The highest BCUT2D eigenvalue weighted by Gasteiger charge is 2.31. The highest BCUT2D eigenvalue weighted by molar-refractivity contribution is 7.89. The predicted molar refractivity (Wildman–Crippen MR) is 119 cm³/mol. The molecule has 1 aliphatic rings. The van der Waals surface area contributed by atoms with Crippen LogP contribution in [0.5, 0.6) is 0 Å². The van der Waals surface area contributed by atoms with Gasteiger partial charge >= 0.3 is 0 Å². The lowest BCUT2D eigenvalue weighted by Gasteiger charge is -2.20. The number of fused-ring (bicyclic) bond motifs is 2. The first kappa shape index (κ1) is 22.6. The molecule has 0 bridgehead atoms. The van der Waals surface area contributed by atoms with Crippen LogP contribution in [0.25, 0.3) is 0 Å². The molecule has 1 aliphatic carbocycles. The van der Waals surface area contributed by atoms with E-state index < -0.39 is 10.0 Å². The molecule has 0 spiro atoms. The second kappa shape index (κ2) is 9.13. The smallest absolute Gasteiger partial charge is 0.242 e. The van der Waals surface area contributed by atoms with Crippen LogP contribution in [-0.4, -0.2) is 43.8 Å². The van der Waals surface area contributed by atoms with E-state index in [2.05, 4.69) is 5.32 Å². The molecule has 1 amide bonds. The van der Waals surface area contributed by atoms with Crippen molar-refractivity contribution in [1.82, 2.24) is 9.62 Å². The lowest BCUT2D eigenvalue weighted by molar-refractivity contribution is -0.121. The number of hydrogen-bond donors (Lipinski definition) is 1. The van der Waals surface area contributed by atoms with Gasteiger partial charge in [0.05, 0.1) is 17.7 Å². The Bertz CT molecular complexity index is 1330. The molecule has 9 heteroatoms. The minimum atomic E-state index is -3.91. The fraction of sp³-hybridized carbons (Fsp3) is 0.208. The molecule has 0 saturated carbocycles. The summed E-state index contributed by atoms with van der Waals surface area (Å²) in [6.45, 7) is 0.383. The standard InChI is InChI=1S/C24H22N2O6S/c1-26(12-4-9-22(27)25-15-16-6-5-13-32-16)33(30,31)17-10-11-20-21(14-17)24(29)19-8-3-2-7-18(19)23(20)28/h2-3,5-8,10-11,13-14H,4,9,12,15H2,1H3,(H,25,27). The molecule has 2 aromatic carbocycles. The van der Waals surface area contributed by atoms with E-state index in [1.807, 2.05) is 0 Å². The van der Waals surface area contributed by atoms with E-state index in [0.717, 1.165) is 4.31 Å². The van der Waals surface area contributed by atoms with Crippen LogP contribution in [0.3, 0.4) is 0 Å². The molecule has 1 heterocycles. The normalized spacial score (nSPS) is 13.0. The minimum absolute atomic E-state index is 0.0745. The molecular weight excluding hydrogens is 444 g/mol. The lowest BCUT2D eigenvalue weighted by atomic mass is 9.84. The fourth-order valence-corrected chi connectivity index (χ4v) is 4.92. The Kier molecular flexibility index (Phi) is 6.26. The summed E-state index contributed by atoms with van der Waals surface area (Å²) in [5.74, 6) is -0.272. The van der Waals surface area contributed by atoms with Crippen molar-refractivity contribution in [2.75, 3.05) is 13.6 Å². The Morgan fingerprint density at radius 1 is 0.939 bits per heavy atom. The van der Waals surface area contributed by atoms with Crippen LogP contribution in [0.4, 0.5) is 0 Å². The molecule has 0 unspecified atom stereocenters. The predicted octanol–water partition coefficient (Wildman–Crippen LogP) is 2.77. The van der Waals surface area contributed by atoms with Crippen molar-refractivity contribution in [2.24, 2.45) is 0 Å². The van der Waals surface area contributed by atoms with Crippen molar-refractivity contribution < 1.29 is 27.2 Å². The van der Waals surface area contributed by atoms with Crippen LogP contribution < -0.4 is 5.32 Å². The van der Waals surface area contributed by atoms with Crippen molar-refractivity contribution >= 4 is 27.5 Å². The summed E-state index contributed by atoms with van der Waals surface area (Å²) >= 11 is 0. The molecule has 0 atom stereocenters. The highest BCUT2D eigenvalue weighted by Crippen LogP contribution is 2.29. The van der Waals surface area contributed by atoms with E-state index >= 15 is 0 Å². The van der Waals surface area contributed by atoms with Gasteiger partial charge in [-0.3, -0.25) is 14.4 Å². The van der Waals surface area contributed by atoms with Crippen LogP contribution in [0.2, 0.25) is 0 Å². The van der Waals surface area contributed by atoms with Gasteiger partial charge in [-0.05, 0) is 36.8 Å². The molecule has 0 radical (unpaired) electrons. The van der Waals surface area contributed by atoms with Crippen LogP contribution in [0.1, 0.15) is 50.4 Å². The third kappa shape index (κ3) is 4.50. The highest BCUT2D eigenvalue weighted by atomic mass is 32.2. The molecule has 0 saturated heterocycles. The third-order valence-corrected chi connectivity index (χ3v) is 7.37. The number of ketones is 2. The number of hydrogen-bond acceptors (Lipinski definition) is 6. The maximum absolute atomic E-state index is 13.0. The van der Waals surface area contributed by atoms with Gasteiger partial charge in [-0.15, -0.1) is 0 Å². The molecule has 0 aliphatic heterocycles. The number of rotatable bonds is 8. The Hall–Kier alpha value is -3.56. The number of carbonyl (C=O) groups is 3. The topological polar surface area (TPSA) is 114 Å². The first-order valence-electron chi connectivity index (χ1n) is 10.4. The number of carbonyl (C=O) groups excluding carboxylic acids is 3. The summed E-state index contributed by atoms with van der Waals surface area (Å²) in [4.78, 5) is 37.5. The number of amides is 1. The minimum Gasteiger partial charge on any atom is -0.467 e.